The van der Waals surface area contributed by atoms with E-state index in [1.807, 2.05) is 59.4 Å². The summed E-state index contributed by atoms with van der Waals surface area (Å²) in [6.45, 7) is 0. The molecule has 1 aromatic carbocycles. The summed E-state index contributed by atoms with van der Waals surface area (Å²) in [6.07, 6.45) is 3.97. The van der Waals surface area contributed by atoms with Gasteiger partial charge in [-0.1, -0.05) is 12.1 Å². The lowest BCUT2D eigenvalue weighted by Gasteiger charge is -1.95. The quantitative estimate of drug-likeness (QED) is 0.425. The Bertz CT molecular complexity index is 502. The Kier molecular flexibility index (Phi) is 2.98. The fraction of sp³-hybridized carbons (Fsp3) is 0. The predicted molar refractivity (Wildman–Crippen MR) is 62.7 cm³/mol. The van der Waals surface area contributed by atoms with Crippen molar-refractivity contribution in [3.05, 3.63) is 54.9 Å². The summed E-state index contributed by atoms with van der Waals surface area (Å²) >= 11 is 4.57. The van der Waals surface area contributed by atoms with Gasteiger partial charge in [-0.15, -0.1) is 0 Å². The fourth-order valence-corrected chi connectivity index (χ4v) is 1.45. The summed E-state index contributed by atoms with van der Waals surface area (Å²) in [5.41, 5.74) is 1.88. The lowest BCUT2D eigenvalue weighted by molar-refractivity contribution is -0.595. The molecule has 2 rings (SSSR count). The first kappa shape index (κ1) is 9.71. The molecule has 0 unspecified atom stereocenters. The van der Waals surface area contributed by atoms with Gasteiger partial charge in [0.05, 0.1) is 10.8 Å². The molecule has 3 heteroatoms. The van der Waals surface area contributed by atoms with E-state index >= 15 is 0 Å². The normalized spacial score (nSPS) is 9.33. The van der Waals surface area contributed by atoms with Crippen LogP contribution >= 0.6 is 12.2 Å². The molecule has 1 aromatic heterocycles. The second-order valence-electron chi connectivity index (χ2n) is 3.01. The molecule has 0 aliphatic carbocycles. The zero-order valence-electron chi connectivity index (χ0n) is 8.00. The second kappa shape index (κ2) is 4.60. The molecule has 2 nitrogen and oxygen atoms in total. The summed E-state index contributed by atoms with van der Waals surface area (Å²) in [4.78, 5) is 3.94. The SMILES string of the molecule is S=C=Nc1cccc(-[n+]2ccccc2)c1. The molecular formula is C12H9N2S+. The van der Waals surface area contributed by atoms with Crippen LogP contribution in [0.4, 0.5) is 5.69 Å². The highest BCUT2D eigenvalue weighted by Gasteiger charge is 2.03. The average Bonchev–Trinajstić information content (AvgIpc) is 2.31. The van der Waals surface area contributed by atoms with E-state index in [-0.39, 0.29) is 0 Å². The van der Waals surface area contributed by atoms with E-state index in [4.69, 9.17) is 0 Å². The standard InChI is InChI=1S/C12H9N2S/c15-10-13-11-5-4-6-12(9-11)14-7-2-1-3-8-14/h1-9H/q+1. The monoisotopic (exact) mass is 213 g/mol. The lowest BCUT2D eigenvalue weighted by Crippen LogP contribution is -2.28. The molecule has 0 amide bonds. The van der Waals surface area contributed by atoms with Crippen LogP contribution in [0.5, 0.6) is 0 Å². The van der Waals surface area contributed by atoms with Gasteiger partial charge in [-0.25, -0.2) is 0 Å². The van der Waals surface area contributed by atoms with Crippen LogP contribution in [0.15, 0.2) is 59.9 Å². The number of rotatable bonds is 2. The maximum atomic E-state index is 4.57. The highest BCUT2D eigenvalue weighted by molar-refractivity contribution is 7.78. The van der Waals surface area contributed by atoms with Crippen molar-refractivity contribution in [2.45, 2.75) is 0 Å². The Labute approximate surface area is 93.5 Å². The van der Waals surface area contributed by atoms with Crippen molar-refractivity contribution in [1.29, 1.82) is 0 Å². The van der Waals surface area contributed by atoms with Gasteiger partial charge in [0.15, 0.2) is 12.4 Å². The highest BCUT2D eigenvalue weighted by atomic mass is 32.1. The molecular weight excluding hydrogens is 204 g/mol. The molecule has 0 N–H and O–H groups in total. The summed E-state index contributed by atoms with van der Waals surface area (Å²) in [7, 11) is 0. The number of isothiocyanates is 1. The number of aliphatic imine (C=N–C) groups is 1. The molecule has 72 valence electrons. The number of hydrogen-bond donors (Lipinski definition) is 0. The van der Waals surface area contributed by atoms with E-state index in [0.717, 1.165) is 11.4 Å². The molecule has 0 aliphatic rings. The van der Waals surface area contributed by atoms with Crippen LogP contribution in [0, 0.1) is 0 Å². The number of hydrogen-bond acceptors (Lipinski definition) is 2. The van der Waals surface area contributed by atoms with Crippen LogP contribution in [0.1, 0.15) is 0 Å². The van der Waals surface area contributed by atoms with E-state index in [1.54, 1.807) is 0 Å². The molecule has 2 aromatic rings. The molecule has 0 radical (unpaired) electrons. The highest BCUT2D eigenvalue weighted by Crippen LogP contribution is 2.12. The van der Waals surface area contributed by atoms with E-state index in [1.165, 1.54) is 0 Å². The molecule has 0 saturated carbocycles. The van der Waals surface area contributed by atoms with Gasteiger partial charge in [-0.05, 0) is 18.3 Å². The van der Waals surface area contributed by atoms with Crippen molar-refractivity contribution in [3.8, 4) is 5.69 Å². The molecule has 15 heavy (non-hydrogen) atoms. The smallest absolute Gasteiger partial charge is 0.194 e. The zero-order chi connectivity index (χ0) is 10.5. The topological polar surface area (TPSA) is 16.2 Å². The molecule has 1 heterocycles. The number of aromatic nitrogens is 1. The zero-order valence-corrected chi connectivity index (χ0v) is 8.82. The maximum Gasteiger partial charge on any atom is 0.212 e. The first-order valence-corrected chi connectivity index (χ1v) is 4.95. The number of nitrogens with zero attached hydrogens (tertiary/aromatic N) is 2. The minimum Gasteiger partial charge on any atom is -0.194 e. The largest absolute Gasteiger partial charge is 0.212 e. The third kappa shape index (κ3) is 2.34. The summed E-state index contributed by atoms with van der Waals surface area (Å²) in [5, 5.41) is 2.36. The van der Waals surface area contributed by atoms with Crippen molar-refractivity contribution in [3.63, 3.8) is 0 Å². The first-order valence-electron chi connectivity index (χ1n) is 4.55. The third-order valence-corrected chi connectivity index (χ3v) is 2.11. The van der Waals surface area contributed by atoms with E-state index in [2.05, 4.69) is 22.4 Å². The van der Waals surface area contributed by atoms with E-state index in [0.29, 0.717) is 0 Å². The summed E-state index contributed by atoms with van der Waals surface area (Å²) in [6, 6.07) is 13.8. The Morgan fingerprint density at radius 3 is 2.60 bits per heavy atom. The van der Waals surface area contributed by atoms with Crippen molar-refractivity contribution in [1.82, 2.24) is 0 Å². The minimum atomic E-state index is 0.818. The van der Waals surface area contributed by atoms with Gasteiger partial charge in [-0.3, -0.25) is 0 Å². The lowest BCUT2D eigenvalue weighted by atomic mass is 10.2. The van der Waals surface area contributed by atoms with Crippen LogP contribution < -0.4 is 4.57 Å². The average molecular weight is 213 g/mol. The summed E-state index contributed by atoms with van der Waals surface area (Å²) < 4.78 is 2.02. The van der Waals surface area contributed by atoms with Crippen LogP contribution in [-0.4, -0.2) is 5.16 Å². The van der Waals surface area contributed by atoms with Gasteiger partial charge in [0.2, 0.25) is 5.69 Å². The van der Waals surface area contributed by atoms with Crippen LogP contribution in [0.3, 0.4) is 0 Å². The van der Waals surface area contributed by atoms with Crippen molar-refractivity contribution < 1.29 is 4.57 Å². The van der Waals surface area contributed by atoms with Crippen molar-refractivity contribution in [2.75, 3.05) is 0 Å². The molecule has 0 saturated heterocycles. The summed E-state index contributed by atoms with van der Waals surface area (Å²) in [5.74, 6) is 0. The van der Waals surface area contributed by atoms with E-state index in [9.17, 15) is 0 Å². The third-order valence-electron chi connectivity index (χ3n) is 2.02. The molecule has 0 fully saturated rings. The molecule has 0 bridgehead atoms. The molecule has 0 spiro atoms. The Morgan fingerprint density at radius 2 is 1.87 bits per heavy atom. The Balaban J connectivity index is 2.46. The number of benzene rings is 1. The van der Waals surface area contributed by atoms with E-state index < -0.39 is 0 Å². The Morgan fingerprint density at radius 1 is 1.07 bits per heavy atom. The fourth-order valence-electron chi connectivity index (χ4n) is 1.35. The first-order chi connectivity index (χ1) is 7.40. The predicted octanol–water partition coefficient (Wildman–Crippen LogP) is 2.70. The Hall–Kier alpha value is -1.83. The van der Waals surface area contributed by atoms with Gasteiger partial charge in [-0.2, -0.15) is 9.56 Å². The van der Waals surface area contributed by atoms with Crippen LogP contribution in [0.2, 0.25) is 0 Å². The molecule has 0 atom stereocenters. The number of thiocarbonyl (C=S) groups is 1. The van der Waals surface area contributed by atoms with Crippen molar-refractivity contribution >= 4 is 23.1 Å². The number of pyridine rings is 1. The van der Waals surface area contributed by atoms with Crippen molar-refractivity contribution in [2.24, 2.45) is 4.99 Å². The minimum absolute atomic E-state index is 0.818. The van der Waals surface area contributed by atoms with Gasteiger partial charge in [0, 0.05) is 24.3 Å². The molecule has 0 aliphatic heterocycles. The van der Waals surface area contributed by atoms with Crippen LogP contribution in [0.25, 0.3) is 5.69 Å². The van der Waals surface area contributed by atoms with Gasteiger partial charge in [0.1, 0.15) is 0 Å². The van der Waals surface area contributed by atoms with Gasteiger partial charge < -0.3 is 0 Å². The van der Waals surface area contributed by atoms with Crippen LogP contribution in [-0.2, 0) is 0 Å². The maximum absolute atomic E-state index is 4.57. The van der Waals surface area contributed by atoms with Gasteiger partial charge >= 0.3 is 0 Å². The van der Waals surface area contributed by atoms with Gasteiger partial charge in [0.25, 0.3) is 0 Å². The second-order valence-corrected chi connectivity index (χ2v) is 3.19.